The SMILES string of the molecule is OOO.[Zr]. The maximum atomic E-state index is 6.62. The molecule has 4 heteroatoms. The van der Waals surface area contributed by atoms with Crippen LogP contribution in [0.1, 0.15) is 0 Å². The fourth-order valence-corrected chi connectivity index (χ4v) is 0. The van der Waals surface area contributed by atoms with E-state index >= 15 is 0 Å². The maximum absolute atomic E-state index is 6.62. The van der Waals surface area contributed by atoms with E-state index in [0.29, 0.717) is 0 Å². The molecule has 0 bridgehead atoms. The molecule has 0 unspecified atom stereocenters. The molecule has 0 aliphatic heterocycles. The van der Waals surface area contributed by atoms with Crippen molar-refractivity contribution in [1.29, 1.82) is 0 Å². The molecule has 0 radical (unpaired) electrons. The topological polar surface area (TPSA) is 49.7 Å². The molecule has 0 aliphatic carbocycles. The van der Waals surface area contributed by atoms with Crippen molar-refractivity contribution >= 4 is 0 Å². The van der Waals surface area contributed by atoms with Gasteiger partial charge in [0.1, 0.15) is 0 Å². The van der Waals surface area contributed by atoms with Crippen molar-refractivity contribution < 1.29 is 41.8 Å². The van der Waals surface area contributed by atoms with Crippen LogP contribution in [0.5, 0.6) is 0 Å². The number of rotatable bonds is 0. The molecule has 0 amide bonds. The van der Waals surface area contributed by atoms with E-state index < -0.39 is 0 Å². The Morgan fingerprint density at radius 2 is 1.25 bits per heavy atom. The van der Waals surface area contributed by atoms with Crippen LogP contribution in [-0.2, 0) is 31.2 Å². The Labute approximate surface area is 42.2 Å². The fraction of sp³-hybridized carbons (Fsp3) is 0. The quantitative estimate of drug-likeness (QED) is 0.367. The maximum Gasteiger partial charge on any atom is 0 e. The summed E-state index contributed by atoms with van der Waals surface area (Å²) in [4.78, 5) is 0. The minimum Gasteiger partial charge on any atom is -0.221 e. The number of hydrogen-bond acceptors (Lipinski definition) is 3. The molecule has 0 aromatic rings. The molecule has 3 nitrogen and oxygen atoms in total. The average Bonchev–Trinajstić information content (AvgIpc) is 0.918. The molecule has 0 aromatic carbocycles. The summed E-state index contributed by atoms with van der Waals surface area (Å²) in [6.45, 7) is 0. The summed E-state index contributed by atoms with van der Waals surface area (Å²) in [6.07, 6.45) is 0. The van der Waals surface area contributed by atoms with Crippen molar-refractivity contribution in [3.63, 3.8) is 0 Å². The van der Waals surface area contributed by atoms with Gasteiger partial charge in [0.05, 0.1) is 0 Å². The normalized spacial score (nSPS) is 4.50. The second-order valence-corrected chi connectivity index (χ2v) is 0.0816. The average molecular weight is 141 g/mol. The van der Waals surface area contributed by atoms with Crippen LogP contribution in [-0.4, -0.2) is 10.5 Å². The summed E-state index contributed by atoms with van der Waals surface area (Å²) in [5, 5.41) is 15.5. The molecular formula is H2O3Zr. The van der Waals surface area contributed by atoms with Crippen LogP contribution in [0, 0.1) is 0 Å². The second-order valence-electron chi connectivity index (χ2n) is 0.0816. The van der Waals surface area contributed by atoms with Crippen LogP contribution in [0.15, 0.2) is 0 Å². The van der Waals surface area contributed by atoms with Gasteiger partial charge in [-0.15, -0.1) is 0 Å². The van der Waals surface area contributed by atoms with Gasteiger partial charge in [-0.05, 0) is 0 Å². The van der Waals surface area contributed by atoms with Crippen LogP contribution >= 0.6 is 0 Å². The first-order chi connectivity index (χ1) is 1.41. The van der Waals surface area contributed by atoms with Crippen LogP contribution in [0.4, 0.5) is 0 Å². The molecule has 0 aliphatic rings. The number of hydrogen-bond donors (Lipinski definition) is 2. The van der Waals surface area contributed by atoms with Gasteiger partial charge < -0.3 is 0 Å². The van der Waals surface area contributed by atoms with Gasteiger partial charge in [-0.1, -0.05) is 5.04 Å². The van der Waals surface area contributed by atoms with Gasteiger partial charge in [-0.3, -0.25) is 0 Å². The zero-order chi connectivity index (χ0) is 2.71. The van der Waals surface area contributed by atoms with Gasteiger partial charge in [0.2, 0.25) is 0 Å². The third-order valence-electron chi connectivity index (χ3n) is 0. The zero-order valence-corrected chi connectivity index (χ0v) is 4.26. The van der Waals surface area contributed by atoms with E-state index in [1.54, 1.807) is 0 Å². The molecular weight excluding hydrogens is 139 g/mol. The first-order valence-electron chi connectivity index (χ1n) is 0.365. The predicted octanol–water partition coefficient (Wildman–Crippen LogP) is -0.0535. The van der Waals surface area contributed by atoms with E-state index in [2.05, 4.69) is 5.04 Å². The Morgan fingerprint density at radius 3 is 1.25 bits per heavy atom. The monoisotopic (exact) mass is 140 g/mol. The minimum absolute atomic E-state index is 0. The van der Waals surface area contributed by atoms with Crippen LogP contribution < -0.4 is 0 Å². The van der Waals surface area contributed by atoms with Gasteiger partial charge >= 0.3 is 0 Å². The molecule has 0 saturated heterocycles. The van der Waals surface area contributed by atoms with Crippen LogP contribution in [0.3, 0.4) is 0 Å². The first kappa shape index (κ1) is 8.83. The Kier molecular flexibility index (Phi) is 20.4. The summed E-state index contributed by atoms with van der Waals surface area (Å²) >= 11 is 0. The van der Waals surface area contributed by atoms with E-state index in [0.717, 1.165) is 0 Å². The van der Waals surface area contributed by atoms with E-state index in [1.165, 1.54) is 0 Å². The Bertz CT molecular complexity index is 3.25. The van der Waals surface area contributed by atoms with E-state index in [9.17, 15) is 0 Å². The second kappa shape index (κ2) is 9.24. The Balaban J connectivity index is 0. The van der Waals surface area contributed by atoms with Crippen molar-refractivity contribution in [2.75, 3.05) is 0 Å². The Hall–Kier alpha value is 0.763. The first-order valence-corrected chi connectivity index (χ1v) is 0.365. The molecule has 4 heavy (non-hydrogen) atoms. The zero-order valence-electron chi connectivity index (χ0n) is 1.80. The standard InChI is InChI=1S/H2O3.Zr/c1-3-2;/h1-2H;. The smallest absolute Gasteiger partial charge is 0 e. The summed E-state index contributed by atoms with van der Waals surface area (Å²) in [5.41, 5.74) is 0. The predicted molar refractivity (Wildman–Crippen MR) is 6.34 cm³/mol. The van der Waals surface area contributed by atoms with Gasteiger partial charge in [-0.25, -0.2) is 10.5 Å². The van der Waals surface area contributed by atoms with Gasteiger partial charge in [0, 0.05) is 26.2 Å². The molecule has 0 atom stereocenters. The molecule has 0 fully saturated rings. The molecule has 0 spiro atoms. The molecule has 24 valence electrons. The summed E-state index contributed by atoms with van der Waals surface area (Å²) in [6, 6.07) is 0. The molecule has 2 N–H and O–H groups in total. The van der Waals surface area contributed by atoms with Gasteiger partial charge in [0.25, 0.3) is 0 Å². The van der Waals surface area contributed by atoms with E-state index in [1.807, 2.05) is 0 Å². The van der Waals surface area contributed by atoms with Crippen molar-refractivity contribution in [3.8, 4) is 0 Å². The largest absolute Gasteiger partial charge is 0.221 e. The third-order valence-corrected chi connectivity index (χ3v) is 0. The summed E-state index contributed by atoms with van der Waals surface area (Å²) in [5.74, 6) is 0. The van der Waals surface area contributed by atoms with Gasteiger partial charge in [-0.2, -0.15) is 0 Å². The van der Waals surface area contributed by atoms with E-state index in [-0.39, 0.29) is 26.2 Å². The molecule has 0 heterocycles. The third kappa shape index (κ3) is 14.7. The van der Waals surface area contributed by atoms with Crippen LogP contribution in [0.2, 0.25) is 0 Å². The molecule has 0 saturated carbocycles. The van der Waals surface area contributed by atoms with Crippen molar-refractivity contribution in [2.45, 2.75) is 0 Å². The fourth-order valence-electron chi connectivity index (χ4n) is 0. The Morgan fingerprint density at radius 1 is 1.25 bits per heavy atom. The van der Waals surface area contributed by atoms with Crippen molar-refractivity contribution in [1.82, 2.24) is 0 Å². The van der Waals surface area contributed by atoms with Crippen LogP contribution in [0.25, 0.3) is 0 Å². The van der Waals surface area contributed by atoms with Crippen molar-refractivity contribution in [2.24, 2.45) is 0 Å². The van der Waals surface area contributed by atoms with E-state index in [4.69, 9.17) is 10.5 Å². The summed E-state index contributed by atoms with van der Waals surface area (Å²) in [7, 11) is 0. The summed E-state index contributed by atoms with van der Waals surface area (Å²) < 4.78 is 0. The minimum atomic E-state index is 0. The van der Waals surface area contributed by atoms with Gasteiger partial charge in [0.15, 0.2) is 0 Å². The van der Waals surface area contributed by atoms with Crippen molar-refractivity contribution in [3.05, 3.63) is 0 Å². The molecule has 0 aromatic heterocycles. The molecule has 0 rings (SSSR count).